The first-order valence-corrected chi connectivity index (χ1v) is 11.1. The van der Waals surface area contributed by atoms with Gasteiger partial charge in [-0.15, -0.1) is 0 Å². The van der Waals surface area contributed by atoms with Crippen LogP contribution in [0.1, 0.15) is 11.1 Å². The van der Waals surface area contributed by atoms with Crippen LogP contribution in [0.2, 0.25) is 0 Å². The lowest BCUT2D eigenvalue weighted by Crippen LogP contribution is -2.13. The Labute approximate surface area is 196 Å². The number of anilines is 1. The fourth-order valence-corrected chi connectivity index (χ4v) is 2.71. The second-order valence-electron chi connectivity index (χ2n) is 6.92. The quantitative estimate of drug-likeness (QED) is 0.256. The van der Waals surface area contributed by atoms with Crippen molar-refractivity contribution in [2.75, 3.05) is 65.3 Å². The van der Waals surface area contributed by atoms with Crippen LogP contribution >= 0.6 is 0 Å². The Bertz CT molecular complexity index is 832. The van der Waals surface area contributed by atoms with E-state index in [0.717, 1.165) is 22.6 Å². The Morgan fingerprint density at radius 3 is 1.64 bits per heavy atom. The molecule has 1 N–H and O–H groups in total. The SMILES string of the molecule is CNc1ccc(/C=C/C=C/C=C/c2ccc(OCCOCCOCCOCC[18F])cc2)cc1. The Balaban J connectivity index is 1.55. The fourth-order valence-electron chi connectivity index (χ4n) is 2.71. The van der Waals surface area contributed by atoms with Crippen LogP contribution in [-0.4, -0.2) is 60.0 Å². The average molecular weight is 455 g/mol. The molecule has 0 atom stereocenters. The van der Waals surface area contributed by atoms with Gasteiger partial charge >= 0.3 is 0 Å². The van der Waals surface area contributed by atoms with Crippen LogP contribution in [0.4, 0.5) is 10.1 Å². The van der Waals surface area contributed by atoms with E-state index in [-0.39, 0.29) is 6.61 Å². The molecule has 2 aromatic rings. The standard InChI is InChI=1S/C27H34FNO4/c1-29-26-12-8-24(9-13-26)6-4-2-3-5-7-25-10-14-27(15-11-25)33-23-22-32-21-20-31-19-18-30-17-16-28/h2-15,29H,16-23H2,1H3/b3-2+,6-4+,7-5+/i28-1. The van der Waals surface area contributed by atoms with E-state index in [1.165, 1.54) is 0 Å². The lowest BCUT2D eigenvalue weighted by molar-refractivity contribution is 0.00750. The largest absolute Gasteiger partial charge is 0.491 e. The molecular weight excluding hydrogens is 420 g/mol. The normalized spacial score (nSPS) is 11.7. The smallest absolute Gasteiger partial charge is 0.119 e. The topological polar surface area (TPSA) is 49.0 Å². The minimum atomic E-state index is -0.467. The molecule has 6 heteroatoms. The molecular formula is C27H34FNO4. The molecule has 0 aliphatic carbocycles. The molecule has 2 rings (SSSR count). The Morgan fingerprint density at radius 1 is 0.636 bits per heavy atom. The number of rotatable bonds is 17. The van der Waals surface area contributed by atoms with Crippen molar-refractivity contribution in [3.63, 3.8) is 0 Å². The molecule has 0 heterocycles. The first-order chi connectivity index (χ1) is 16.3. The van der Waals surface area contributed by atoms with Crippen LogP contribution in [0, 0.1) is 0 Å². The minimum Gasteiger partial charge on any atom is -0.491 e. The number of benzene rings is 2. The molecule has 178 valence electrons. The monoisotopic (exact) mass is 454 g/mol. The van der Waals surface area contributed by atoms with Gasteiger partial charge in [-0.25, -0.2) is 4.39 Å². The van der Waals surface area contributed by atoms with Crippen LogP contribution in [-0.2, 0) is 14.2 Å². The van der Waals surface area contributed by atoms with E-state index in [2.05, 4.69) is 35.7 Å². The lowest BCUT2D eigenvalue weighted by atomic mass is 10.2. The Kier molecular flexibility index (Phi) is 14.0. The lowest BCUT2D eigenvalue weighted by Gasteiger charge is -2.08. The molecule has 0 aromatic heterocycles. The number of alkyl halides is 1. The van der Waals surface area contributed by atoms with Crippen molar-refractivity contribution >= 4 is 17.8 Å². The number of nitrogens with one attached hydrogen (secondary N) is 1. The fraction of sp³-hybridized carbons (Fsp3) is 0.333. The van der Waals surface area contributed by atoms with E-state index in [4.69, 9.17) is 18.9 Å². The van der Waals surface area contributed by atoms with Crippen molar-refractivity contribution < 1.29 is 23.3 Å². The van der Waals surface area contributed by atoms with Gasteiger partial charge < -0.3 is 24.3 Å². The summed E-state index contributed by atoms with van der Waals surface area (Å²) in [6.45, 7) is 2.43. The van der Waals surface area contributed by atoms with Gasteiger partial charge in [0.15, 0.2) is 0 Å². The van der Waals surface area contributed by atoms with Gasteiger partial charge in [0.2, 0.25) is 0 Å². The third-order valence-corrected chi connectivity index (χ3v) is 4.45. The summed E-state index contributed by atoms with van der Waals surface area (Å²) in [7, 11) is 1.91. The maximum absolute atomic E-state index is 11.8. The summed E-state index contributed by atoms with van der Waals surface area (Å²) in [6, 6.07) is 16.2. The third-order valence-electron chi connectivity index (χ3n) is 4.45. The molecule has 0 saturated heterocycles. The minimum absolute atomic E-state index is 0.122. The maximum Gasteiger partial charge on any atom is 0.119 e. The highest BCUT2D eigenvalue weighted by molar-refractivity contribution is 5.56. The summed E-state index contributed by atoms with van der Waals surface area (Å²) in [6.07, 6.45) is 12.1. The first kappa shape index (κ1) is 26.3. The molecule has 0 spiro atoms. The molecule has 2 aromatic carbocycles. The van der Waals surface area contributed by atoms with Gasteiger partial charge in [0.1, 0.15) is 19.0 Å². The Morgan fingerprint density at radius 2 is 1.12 bits per heavy atom. The van der Waals surface area contributed by atoms with Crippen LogP contribution in [0.25, 0.3) is 12.2 Å². The highest BCUT2D eigenvalue weighted by Gasteiger charge is 1.95. The highest BCUT2D eigenvalue weighted by atomic mass is 18.2. The van der Waals surface area contributed by atoms with Gasteiger partial charge in [0, 0.05) is 12.7 Å². The van der Waals surface area contributed by atoms with Gasteiger partial charge in [0.05, 0.1) is 39.6 Å². The molecule has 33 heavy (non-hydrogen) atoms. The van der Waals surface area contributed by atoms with E-state index >= 15 is 0 Å². The van der Waals surface area contributed by atoms with Gasteiger partial charge in [-0.3, -0.25) is 0 Å². The number of ether oxygens (including phenoxy) is 4. The third kappa shape index (κ3) is 12.6. The summed E-state index contributed by atoms with van der Waals surface area (Å²) < 4.78 is 33.2. The van der Waals surface area contributed by atoms with Crippen molar-refractivity contribution in [3.8, 4) is 5.75 Å². The Hall–Kier alpha value is -2.93. The molecule has 0 bridgehead atoms. The molecule has 0 aliphatic heterocycles. The summed E-state index contributed by atoms with van der Waals surface area (Å²) in [4.78, 5) is 0. The zero-order chi connectivity index (χ0) is 23.4. The van der Waals surface area contributed by atoms with Crippen LogP contribution in [0.3, 0.4) is 0 Å². The van der Waals surface area contributed by atoms with Crippen molar-refractivity contribution in [1.29, 1.82) is 0 Å². The first-order valence-electron chi connectivity index (χ1n) is 11.1. The highest BCUT2D eigenvalue weighted by Crippen LogP contribution is 2.13. The van der Waals surface area contributed by atoms with E-state index in [0.29, 0.717) is 39.6 Å². The molecule has 5 nitrogen and oxygen atoms in total. The van der Waals surface area contributed by atoms with Crippen LogP contribution in [0.15, 0.2) is 72.8 Å². The molecule has 0 saturated carbocycles. The van der Waals surface area contributed by atoms with Gasteiger partial charge in [-0.05, 0) is 35.4 Å². The van der Waals surface area contributed by atoms with Crippen molar-refractivity contribution in [2.45, 2.75) is 0 Å². The van der Waals surface area contributed by atoms with Gasteiger partial charge in [0.25, 0.3) is 0 Å². The number of halogens is 1. The predicted octanol–water partition coefficient (Wildman–Crippen LogP) is 5.41. The average Bonchev–Trinajstić information content (AvgIpc) is 2.86. The van der Waals surface area contributed by atoms with Crippen molar-refractivity contribution in [2.24, 2.45) is 0 Å². The second-order valence-corrected chi connectivity index (χ2v) is 6.92. The van der Waals surface area contributed by atoms with E-state index < -0.39 is 6.67 Å². The van der Waals surface area contributed by atoms with Crippen molar-refractivity contribution in [3.05, 3.63) is 84.0 Å². The summed E-state index contributed by atoms with van der Waals surface area (Å²) >= 11 is 0. The maximum atomic E-state index is 11.8. The number of hydrogen-bond donors (Lipinski definition) is 1. The predicted molar refractivity (Wildman–Crippen MR) is 134 cm³/mol. The molecule has 0 unspecified atom stereocenters. The van der Waals surface area contributed by atoms with Crippen LogP contribution in [0.5, 0.6) is 5.75 Å². The summed E-state index contributed by atoms with van der Waals surface area (Å²) in [5, 5.41) is 3.11. The van der Waals surface area contributed by atoms with E-state index in [1.807, 2.05) is 61.7 Å². The zero-order valence-electron chi connectivity index (χ0n) is 19.3. The van der Waals surface area contributed by atoms with Crippen LogP contribution < -0.4 is 10.1 Å². The van der Waals surface area contributed by atoms with Crippen molar-refractivity contribution in [1.82, 2.24) is 0 Å². The van der Waals surface area contributed by atoms with E-state index in [1.54, 1.807) is 0 Å². The number of allylic oxidation sites excluding steroid dienone is 4. The summed E-state index contributed by atoms with van der Waals surface area (Å²) in [5.74, 6) is 0.805. The van der Waals surface area contributed by atoms with Gasteiger partial charge in [-0.2, -0.15) is 0 Å². The second kappa shape index (κ2) is 17.6. The number of hydrogen-bond acceptors (Lipinski definition) is 5. The molecule has 0 aliphatic rings. The van der Waals surface area contributed by atoms with E-state index in [9.17, 15) is 4.39 Å². The molecule has 0 amide bonds. The molecule has 0 radical (unpaired) electrons. The molecule has 0 fully saturated rings. The zero-order valence-corrected chi connectivity index (χ0v) is 19.3. The van der Waals surface area contributed by atoms with Gasteiger partial charge in [-0.1, -0.05) is 60.7 Å². The summed E-state index contributed by atoms with van der Waals surface area (Å²) in [5.41, 5.74) is 3.36.